The number of halogens is 3. The second-order valence-electron chi connectivity index (χ2n) is 6.76. The Morgan fingerprint density at radius 2 is 1.93 bits per heavy atom. The predicted octanol–water partition coefficient (Wildman–Crippen LogP) is 3.46. The third-order valence-corrected chi connectivity index (χ3v) is 4.84. The average Bonchev–Trinajstić information content (AvgIpc) is 3.12. The number of fused-ring (bicyclic) bond motifs is 1. The molecule has 0 aromatic carbocycles. The van der Waals surface area contributed by atoms with E-state index in [0.717, 1.165) is 17.9 Å². The van der Waals surface area contributed by atoms with E-state index in [2.05, 4.69) is 15.3 Å². The van der Waals surface area contributed by atoms with Crippen LogP contribution in [0.1, 0.15) is 28.9 Å². The lowest BCUT2D eigenvalue weighted by molar-refractivity contribution is -0.141. The molecule has 146 valence electrons. The molecule has 1 aliphatic rings. The number of likely N-dealkylation sites (tertiary alicyclic amines) is 1. The van der Waals surface area contributed by atoms with Crippen LogP contribution >= 0.6 is 0 Å². The molecule has 28 heavy (non-hydrogen) atoms. The number of aromatic nitrogens is 3. The van der Waals surface area contributed by atoms with Crippen molar-refractivity contribution in [2.45, 2.75) is 25.1 Å². The second kappa shape index (κ2) is 7.14. The van der Waals surface area contributed by atoms with Crippen molar-refractivity contribution in [2.75, 3.05) is 18.4 Å². The summed E-state index contributed by atoms with van der Waals surface area (Å²) in [7, 11) is 0. The Labute approximate surface area is 159 Å². The van der Waals surface area contributed by atoms with Crippen LogP contribution in [0.3, 0.4) is 0 Å². The van der Waals surface area contributed by atoms with Crippen LogP contribution in [0, 0.1) is 0 Å². The molecule has 0 aliphatic carbocycles. The van der Waals surface area contributed by atoms with Gasteiger partial charge in [0, 0.05) is 43.1 Å². The van der Waals surface area contributed by atoms with Gasteiger partial charge < -0.3 is 14.6 Å². The molecule has 0 saturated carbocycles. The quantitative estimate of drug-likeness (QED) is 0.745. The second-order valence-corrected chi connectivity index (χ2v) is 6.76. The first-order valence-electron chi connectivity index (χ1n) is 8.92. The molecule has 1 fully saturated rings. The van der Waals surface area contributed by atoms with Crippen LogP contribution in [0.4, 0.5) is 19.0 Å². The predicted molar refractivity (Wildman–Crippen MR) is 97.0 cm³/mol. The maximum Gasteiger partial charge on any atom is 0.433 e. The van der Waals surface area contributed by atoms with Crippen LogP contribution in [-0.2, 0) is 6.18 Å². The van der Waals surface area contributed by atoms with E-state index >= 15 is 0 Å². The number of hydrogen-bond acceptors (Lipinski definition) is 4. The third-order valence-electron chi connectivity index (χ3n) is 4.84. The third kappa shape index (κ3) is 3.78. The number of anilines is 1. The molecule has 6 nitrogen and oxygen atoms in total. The largest absolute Gasteiger partial charge is 0.433 e. The molecule has 3 aromatic rings. The van der Waals surface area contributed by atoms with Crippen LogP contribution in [0.2, 0.25) is 0 Å². The lowest BCUT2D eigenvalue weighted by atomic mass is 10.0. The number of carbonyl (C=O) groups is 1. The molecule has 0 radical (unpaired) electrons. The highest BCUT2D eigenvalue weighted by Gasteiger charge is 2.33. The van der Waals surface area contributed by atoms with Crippen LogP contribution in [-0.4, -0.2) is 44.3 Å². The lowest BCUT2D eigenvalue weighted by Crippen LogP contribution is -2.42. The highest BCUT2D eigenvalue weighted by Crippen LogP contribution is 2.28. The van der Waals surface area contributed by atoms with E-state index in [1.807, 2.05) is 41.1 Å². The fraction of sp³-hybridized carbons (Fsp3) is 0.316. The standard InChI is InChI=1S/C19H18F3N5O/c20-19(21,22)16-10-17(24-12-23-16)25-14-4-7-26(8-5-14)18(28)13-9-15-3-1-2-6-27(15)11-13/h1-3,6,9-12,14H,4-5,7-8H2,(H,23,24,25). The number of nitrogens with one attached hydrogen (secondary N) is 1. The molecule has 0 bridgehead atoms. The molecule has 0 unspecified atom stereocenters. The van der Waals surface area contributed by atoms with Gasteiger partial charge in [-0.25, -0.2) is 9.97 Å². The highest BCUT2D eigenvalue weighted by molar-refractivity contribution is 5.95. The fourth-order valence-electron chi connectivity index (χ4n) is 3.38. The van der Waals surface area contributed by atoms with Crippen molar-refractivity contribution in [2.24, 2.45) is 0 Å². The van der Waals surface area contributed by atoms with Crippen molar-refractivity contribution in [3.8, 4) is 0 Å². The first kappa shape index (κ1) is 18.3. The minimum Gasteiger partial charge on any atom is -0.367 e. The van der Waals surface area contributed by atoms with Crippen LogP contribution < -0.4 is 5.32 Å². The maximum atomic E-state index is 12.8. The Bertz CT molecular complexity index is 959. The van der Waals surface area contributed by atoms with E-state index in [9.17, 15) is 18.0 Å². The number of rotatable bonds is 3. The molecule has 4 rings (SSSR count). The topological polar surface area (TPSA) is 62.5 Å². The van der Waals surface area contributed by atoms with Crippen LogP contribution in [0.5, 0.6) is 0 Å². The fourth-order valence-corrected chi connectivity index (χ4v) is 3.38. The molecule has 1 saturated heterocycles. The number of nitrogens with zero attached hydrogens (tertiary/aromatic N) is 4. The van der Waals surface area contributed by atoms with Crippen molar-refractivity contribution >= 4 is 17.2 Å². The van der Waals surface area contributed by atoms with Gasteiger partial charge in [0.25, 0.3) is 5.91 Å². The Hall–Kier alpha value is -3.10. The lowest BCUT2D eigenvalue weighted by Gasteiger charge is -2.32. The maximum absolute atomic E-state index is 12.8. The van der Waals surface area contributed by atoms with Crippen molar-refractivity contribution in [3.63, 3.8) is 0 Å². The first-order valence-corrected chi connectivity index (χ1v) is 8.92. The van der Waals surface area contributed by atoms with Crippen molar-refractivity contribution in [3.05, 3.63) is 60.3 Å². The zero-order valence-corrected chi connectivity index (χ0v) is 14.9. The molecule has 1 amide bonds. The molecule has 1 N–H and O–H groups in total. The average molecular weight is 389 g/mol. The Kier molecular flexibility index (Phi) is 4.66. The normalized spacial score (nSPS) is 15.8. The number of piperidine rings is 1. The van der Waals surface area contributed by atoms with Gasteiger partial charge in [-0.05, 0) is 31.0 Å². The zero-order chi connectivity index (χ0) is 19.7. The minimum atomic E-state index is -4.50. The van der Waals surface area contributed by atoms with E-state index in [4.69, 9.17) is 0 Å². The summed E-state index contributed by atoms with van der Waals surface area (Å²) in [5.74, 6) is 0.106. The van der Waals surface area contributed by atoms with Gasteiger partial charge in [-0.1, -0.05) is 6.07 Å². The number of pyridine rings is 1. The molecule has 3 aromatic heterocycles. The smallest absolute Gasteiger partial charge is 0.367 e. The zero-order valence-electron chi connectivity index (χ0n) is 14.9. The molecule has 4 heterocycles. The monoisotopic (exact) mass is 389 g/mol. The minimum absolute atomic E-state index is 0.0384. The summed E-state index contributed by atoms with van der Waals surface area (Å²) >= 11 is 0. The van der Waals surface area contributed by atoms with Gasteiger partial charge in [0.15, 0.2) is 0 Å². The van der Waals surface area contributed by atoms with Gasteiger partial charge in [-0.15, -0.1) is 0 Å². The van der Waals surface area contributed by atoms with Crippen molar-refractivity contribution in [1.29, 1.82) is 0 Å². The van der Waals surface area contributed by atoms with E-state index < -0.39 is 11.9 Å². The summed E-state index contributed by atoms with van der Waals surface area (Å²) < 4.78 is 40.2. The first-order chi connectivity index (χ1) is 13.4. The van der Waals surface area contributed by atoms with Gasteiger partial charge in [-0.3, -0.25) is 4.79 Å². The van der Waals surface area contributed by atoms with Crippen molar-refractivity contribution in [1.82, 2.24) is 19.3 Å². The Balaban J connectivity index is 1.37. The SMILES string of the molecule is O=C(c1cc2ccccn2c1)N1CCC(Nc2cc(C(F)(F)F)ncn2)CC1. The van der Waals surface area contributed by atoms with Crippen LogP contribution in [0.15, 0.2) is 49.1 Å². The summed E-state index contributed by atoms with van der Waals surface area (Å²) in [5.41, 5.74) is 0.605. The molecular formula is C19H18F3N5O. The van der Waals surface area contributed by atoms with E-state index in [1.165, 1.54) is 0 Å². The summed E-state index contributed by atoms with van der Waals surface area (Å²) in [6, 6.07) is 8.46. The number of amides is 1. The highest BCUT2D eigenvalue weighted by atomic mass is 19.4. The van der Waals surface area contributed by atoms with E-state index in [0.29, 0.717) is 31.5 Å². The number of carbonyl (C=O) groups excluding carboxylic acids is 1. The summed E-state index contributed by atoms with van der Waals surface area (Å²) in [5, 5.41) is 3.02. The Morgan fingerprint density at radius 3 is 2.64 bits per heavy atom. The van der Waals surface area contributed by atoms with Gasteiger partial charge >= 0.3 is 6.18 Å². The molecule has 1 aliphatic heterocycles. The molecule has 9 heteroatoms. The summed E-state index contributed by atoms with van der Waals surface area (Å²) in [6.07, 6.45) is 1.35. The molecule has 0 spiro atoms. The summed E-state index contributed by atoms with van der Waals surface area (Å²) in [6.45, 7) is 1.06. The van der Waals surface area contributed by atoms with Gasteiger partial charge in [0.1, 0.15) is 17.8 Å². The molecule has 0 atom stereocenters. The van der Waals surface area contributed by atoms with E-state index in [-0.39, 0.29) is 17.8 Å². The van der Waals surface area contributed by atoms with E-state index in [1.54, 1.807) is 4.90 Å². The van der Waals surface area contributed by atoms with Gasteiger partial charge in [0.05, 0.1) is 5.56 Å². The van der Waals surface area contributed by atoms with Crippen LogP contribution in [0.25, 0.3) is 5.52 Å². The number of alkyl halides is 3. The van der Waals surface area contributed by atoms with Crippen molar-refractivity contribution < 1.29 is 18.0 Å². The molecular weight excluding hydrogens is 371 g/mol. The number of hydrogen-bond donors (Lipinski definition) is 1. The Morgan fingerprint density at radius 1 is 1.14 bits per heavy atom. The van der Waals surface area contributed by atoms with Gasteiger partial charge in [0.2, 0.25) is 0 Å². The summed E-state index contributed by atoms with van der Waals surface area (Å²) in [4.78, 5) is 21.6. The van der Waals surface area contributed by atoms with Gasteiger partial charge in [-0.2, -0.15) is 13.2 Å².